The van der Waals surface area contributed by atoms with Crippen LogP contribution in [0.5, 0.6) is 0 Å². The zero-order valence-electron chi connectivity index (χ0n) is 19.0. The Morgan fingerprint density at radius 3 is 2.87 bits per heavy atom. The second-order valence-electron chi connectivity index (χ2n) is 9.79. The lowest BCUT2D eigenvalue weighted by Gasteiger charge is -2.26. The molecular formula is C27H39NO3. The van der Waals surface area contributed by atoms with Gasteiger partial charge in [0.15, 0.2) is 0 Å². The first kappa shape index (κ1) is 22.7. The standard InChI is InChI=1S/C27H39NO3/c1-20-5-4-7-21(15-20)17-24(29)8-9-25-26-18-22(16-23(26)19-27(25)30)6-2-3-10-28-11-13-31-14-12-28/h4-5,7-9,15-16,23-27,29-30H,2-3,6,10-14,17-19H2,1H3/b9-8+/t23-,24+,25+,26-,27+/m0/s1. The highest BCUT2D eigenvalue weighted by Gasteiger charge is 2.43. The smallest absolute Gasteiger partial charge is 0.0761 e. The highest BCUT2D eigenvalue weighted by atomic mass is 16.5. The molecule has 1 aromatic rings. The van der Waals surface area contributed by atoms with Crippen LogP contribution in [0.1, 0.15) is 43.2 Å². The Balaban J connectivity index is 1.22. The SMILES string of the molecule is Cc1cccc(C[C@H](O)/C=C/[C@@H]2[C@H]3CC(CCCCN4CCOCC4)=C[C@H]3C[C@H]2O)c1. The van der Waals surface area contributed by atoms with E-state index in [1.54, 1.807) is 5.57 Å². The summed E-state index contributed by atoms with van der Waals surface area (Å²) in [6.07, 6.45) is 12.0. The number of aliphatic hydroxyl groups is 2. The van der Waals surface area contributed by atoms with Gasteiger partial charge in [-0.05, 0) is 63.0 Å². The lowest BCUT2D eigenvalue weighted by Crippen LogP contribution is -2.36. The zero-order chi connectivity index (χ0) is 21.6. The largest absolute Gasteiger partial charge is 0.392 e. The van der Waals surface area contributed by atoms with E-state index in [0.717, 1.165) is 44.7 Å². The van der Waals surface area contributed by atoms with E-state index >= 15 is 0 Å². The van der Waals surface area contributed by atoms with Crippen LogP contribution in [0.15, 0.2) is 48.1 Å². The van der Waals surface area contributed by atoms with Crippen molar-refractivity contribution >= 4 is 0 Å². The highest BCUT2D eigenvalue weighted by molar-refractivity contribution is 5.24. The number of fused-ring (bicyclic) bond motifs is 1. The summed E-state index contributed by atoms with van der Waals surface area (Å²) >= 11 is 0. The van der Waals surface area contributed by atoms with E-state index < -0.39 is 6.10 Å². The van der Waals surface area contributed by atoms with Gasteiger partial charge in [0.25, 0.3) is 0 Å². The van der Waals surface area contributed by atoms with Gasteiger partial charge in [-0.1, -0.05) is 53.6 Å². The van der Waals surface area contributed by atoms with Gasteiger partial charge >= 0.3 is 0 Å². The molecule has 1 heterocycles. The molecule has 5 atom stereocenters. The minimum absolute atomic E-state index is 0.166. The van der Waals surface area contributed by atoms with E-state index in [9.17, 15) is 10.2 Å². The monoisotopic (exact) mass is 425 g/mol. The van der Waals surface area contributed by atoms with Crippen molar-refractivity contribution in [2.75, 3.05) is 32.8 Å². The molecule has 2 aliphatic carbocycles. The summed E-state index contributed by atoms with van der Waals surface area (Å²) in [7, 11) is 0. The molecular weight excluding hydrogens is 386 g/mol. The van der Waals surface area contributed by atoms with Gasteiger partial charge in [-0.15, -0.1) is 0 Å². The van der Waals surface area contributed by atoms with Crippen molar-refractivity contribution in [1.82, 2.24) is 4.90 Å². The molecule has 0 amide bonds. The van der Waals surface area contributed by atoms with Crippen molar-refractivity contribution in [3.63, 3.8) is 0 Å². The first-order valence-corrected chi connectivity index (χ1v) is 12.2. The fourth-order valence-corrected chi connectivity index (χ4v) is 5.71. The van der Waals surface area contributed by atoms with Crippen LogP contribution < -0.4 is 0 Å². The summed E-state index contributed by atoms with van der Waals surface area (Å²) in [5.41, 5.74) is 3.96. The van der Waals surface area contributed by atoms with Crippen LogP contribution in [0.2, 0.25) is 0 Å². The molecule has 4 heteroatoms. The van der Waals surface area contributed by atoms with Crippen molar-refractivity contribution in [3.05, 3.63) is 59.2 Å². The second kappa shape index (κ2) is 10.9. The molecule has 3 aliphatic rings. The van der Waals surface area contributed by atoms with Crippen LogP contribution >= 0.6 is 0 Å². The normalized spacial score (nSPS) is 30.0. The van der Waals surface area contributed by atoms with Crippen LogP contribution in [0.4, 0.5) is 0 Å². The Hall–Kier alpha value is -1.46. The number of aliphatic hydroxyl groups excluding tert-OH is 2. The predicted octanol–water partition coefficient (Wildman–Crippen LogP) is 3.90. The summed E-state index contributed by atoms with van der Waals surface area (Å²) in [4.78, 5) is 2.51. The lowest BCUT2D eigenvalue weighted by atomic mass is 9.88. The molecule has 1 saturated carbocycles. The highest BCUT2D eigenvalue weighted by Crippen LogP contribution is 2.48. The van der Waals surface area contributed by atoms with Crippen molar-refractivity contribution < 1.29 is 14.9 Å². The molecule has 0 unspecified atom stereocenters. The van der Waals surface area contributed by atoms with E-state index in [-0.39, 0.29) is 12.0 Å². The maximum absolute atomic E-state index is 10.6. The number of aryl methyl sites for hydroxylation is 1. The van der Waals surface area contributed by atoms with E-state index in [1.165, 1.54) is 31.4 Å². The van der Waals surface area contributed by atoms with E-state index in [1.807, 2.05) is 12.1 Å². The zero-order valence-corrected chi connectivity index (χ0v) is 19.0. The summed E-state index contributed by atoms with van der Waals surface area (Å²) in [5.74, 6) is 1.18. The predicted molar refractivity (Wildman–Crippen MR) is 125 cm³/mol. The van der Waals surface area contributed by atoms with Crippen LogP contribution in [0.25, 0.3) is 0 Å². The summed E-state index contributed by atoms with van der Waals surface area (Å²) in [6.45, 7) is 7.18. The molecule has 31 heavy (non-hydrogen) atoms. The van der Waals surface area contributed by atoms with Gasteiger partial charge in [-0.2, -0.15) is 0 Å². The molecule has 170 valence electrons. The molecule has 1 saturated heterocycles. The van der Waals surface area contributed by atoms with Crippen LogP contribution in [0.3, 0.4) is 0 Å². The Morgan fingerprint density at radius 2 is 2.06 bits per heavy atom. The number of hydrogen-bond acceptors (Lipinski definition) is 4. The van der Waals surface area contributed by atoms with E-state index in [0.29, 0.717) is 18.3 Å². The molecule has 4 nitrogen and oxygen atoms in total. The molecule has 4 rings (SSSR count). The van der Waals surface area contributed by atoms with Crippen LogP contribution in [-0.4, -0.2) is 60.2 Å². The third kappa shape index (κ3) is 6.29. The van der Waals surface area contributed by atoms with Crippen LogP contribution in [-0.2, 0) is 11.2 Å². The maximum Gasteiger partial charge on any atom is 0.0761 e. The van der Waals surface area contributed by atoms with Crippen LogP contribution in [0, 0.1) is 24.7 Å². The average Bonchev–Trinajstić information content (AvgIpc) is 3.27. The summed E-state index contributed by atoms with van der Waals surface area (Å²) in [6, 6.07) is 8.31. The number of rotatable bonds is 9. The number of benzene rings is 1. The van der Waals surface area contributed by atoms with Crippen molar-refractivity contribution in [1.29, 1.82) is 0 Å². The lowest BCUT2D eigenvalue weighted by molar-refractivity contribution is 0.0372. The number of hydrogen-bond donors (Lipinski definition) is 2. The molecule has 0 aromatic heterocycles. The molecule has 1 aliphatic heterocycles. The van der Waals surface area contributed by atoms with Gasteiger partial charge < -0.3 is 14.9 Å². The third-order valence-electron chi connectivity index (χ3n) is 7.36. The quantitative estimate of drug-likeness (QED) is 0.465. The molecule has 0 bridgehead atoms. The average molecular weight is 426 g/mol. The first-order valence-electron chi connectivity index (χ1n) is 12.2. The number of nitrogens with zero attached hydrogens (tertiary/aromatic N) is 1. The van der Waals surface area contributed by atoms with Gasteiger partial charge in [-0.3, -0.25) is 4.90 Å². The first-order chi connectivity index (χ1) is 15.1. The maximum atomic E-state index is 10.6. The Kier molecular flexibility index (Phi) is 8.00. The Labute approximate surface area is 187 Å². The van der Waals surface area contributed by atoms with Crippen molar-refractivity contribution in [2.24, 2.45) is 17.8 Å². The van der Waals surface area contributed by atoms with E-state index in [4.69, 9.17) is 4.74 Å². The number of allylic oxidation sites excluding steroid dienone is 2. The topological polar surface area (TPSA) is 52.9 Å². The molecule has 0 spiro atoms. The van der Waals surface area contributed by atoms with Gasteiger partial charge in [0.1, 0.15) is 0 Å². The van der Waals surface area contributed by atoms with E-state index in [2.05, 4.69) is 42.2 Å². The summed E-state index contributed by atoms with van der Waals surface area (Å²) in [5, 5.41) is 21.1. The second-order valence-corrected chi connectivity index (χ2v) is 9.79. The number of morpholine rings is 1. The fraction of sp³-hybridized carbons (Fsp3) is 0.630. The Bertz CT molecular complexity index is 767. The van der Waals surface area contributed by atoms with Gasteiger partial charge in [0, 0.05) is 25.4 Å². The van der Waals surface area contributed by atoms with Gasteiger partial charge in [0.2, 0.25) is 0 Å². The fourth-order valence-electron chi connectivity index (χ4n) is 5.71. The molecule has 2 fully saturated rings. The third-order valence-corrected chi connectivity index (χ3v) is 7.36. The Morgan fingerprint density at radius 1 is 1.23 bits per heavy atom. The van der Waals surface area contributed by atoms with Gasteiger partial charge in [-0.25, -0.2) is 0 Å². The minimum Gasteiger partial charge on any atom is -0.392 e. The molecule has 0 radical (unpaired) electrons. The molecule has 2 N–H and O–H groups in total. The van der Waals surface area contributed by atoms with Gasteiger partial charge in [0.05, 0.1) is 25.4 Å². The van der Waals surface area contributed by atoms with Crippen molar-refractivity contribution in [2.45, 2.75) is 57.7 Å². The molecule has 1 aromatic carbocycles. The van der Waals surface area contributed by atoms with Crippen molar-refractivity contribution in [3.8, 4) is 0 Å². The minimum atomic E-state index is -0.498. The number of unbranched alkanes of at least 4 members (excludes halogenated alkanes) is 1. The summed E-state index contributed by atoms with van der Waals surface area (Å²) < 4.78 is 5.42. The number of ether oxygens (including phenoxy) is 1.